The number of amides is 3. The van der Waals surface area contributed by atoms with Crippen molar-refractivity contribution in [3.8, 4) is 11.3 Å². The molecule has 0 aliphatic rings. The number of aromatic amines is 1. The largest absolute Gasteiger partial charge is 0.348 e. The molecule has 0 spiro atoms. The number of hydrogen-bond donors (Lipinski definition) is 4. The second kappa shape index (κ2) is 11.1. The fourth-order valence-electron chi connectivity index (χ4n) is 3.62. The summed E-state index contributed by atoms with van der Waals surface area (Å²) in [6.07, 6.45) is 0. The topological polar surface area (TPSA) is 116 Å². The Morgan fingerprint density at radius 2 is 1.56 bits per heavy atom. The molecule has 4 rings (SSSR count). The molecule has 0 radical (unpaired) electrons. The second-order valence-electron chi connectivity index (χ2n) is 8.47. The predicted octanol–water partition coefficient (Wildman–Crippen LogP) is 4.31. The van der Waals surface area contributed by atoms with Crippen molar-refractivity contribution >= 4 is 17.6 Å². The summed E-state index contributed by atoms with van der Waals surface area (Å²) in [4.78, 5) is 43.5. The zero-order chi connectivity index (χ0) is 25.5. The minimum absolute atomic E-state index is 0.174. The highest BCUT2D eigenvalue weighted by Gasteiger charge is 2.08. The second-order valence-corrected chi connectivity index (χ2v) is 8.47. The highest BCUT2D eigenvalue weighted by atomic mass is 16.2. The summed E-state index contributed by atoms with van der Waals surface area (Å²) in [5.41, 5.74) is 5.25. The molecule has 0 unspecified atom stereocenters. The van der Waals surface area contributed by atoms with Crippen molar-refractivity contribution in [2.45, 2.75) is 26.9 Å². The maximum absolute atomic E-state index is 12.5. The lowest BCUT2D eigenvalue weighted by Crippen LogP contribution is -2.28. The van der Waals surface area contributed by atoms with E-state index in [-0.39, 0.29) is 24.0 Å². The molecule has 0 saturated heterocycles. The minimum Gasteiger partial charge on any atom is -0.348 e. The Bertz CT molecular complexity index is 1430. The molecule has 0 aliphatic heterocycles. The molecule has 4 N–H and O–H groups in total. The number of aryl methyl sites for hydroxylation is 2. The van der Waals surface area contributed by atoms with Crippen LogP contribution in [0.2, 0.25) is 0 Å². The maximum atomic E-state index is 12.5. The molecular formula is C28H27N5O3. The van der Waals surface area contributed by atoms with Gasteiger partial charge in [-0.15, -0.1) is 0 Å². The lowest BCUT2D eigenvalue weighted by atomic mass is 10.1. The number of carbonyl (C=O) groups excluding carboxylic acids is 2. The predicted molar refractivity (Wildman–Crippen MR) is 140 cm³/mol. The summed E-state index contributed by atoms with van der Waals surface area (Å²) in [5, 5.41) is 8.49. The summed E-state index contributed by atoms with van der Waals surface area (Å²) in [7, 11) is 0. The van der Waals surface area contributed by atoms with Crippen LogP contribution in [0.25, 0.3) is 11.3 Å². The number of rotatable bonds is 7. The van der Waals surface area contributed by atoms with E-state index < -0.39 is 0 Å². The third-order valence-electron chi connectivity index (χ3n) is 5.51. The quantitative estimate of drug-likeness (QED) is 0.315. The summed E-state index contributed by atoms with van der Waals surface area (Å²) in [5.74, 6) is 0.360. The minimum atomic E-state index is -0.373. The Kier molecular flexibility index (Phi) is 7.55. The number of nitrogens with zero attached hydrogens (tertiary/aromatic N) is 1. The van der Waals surface area contributed by atoms with Crippen LogP contribution in [0.5, 0.6) is 0 Å². The van der Waals surface area contributed by atoms with Crippen LogP contribution in [0.3, 0.4) is 0 Å². The first-order valence-electron chi connectivity index (χ1n) is 11.5. The van der Waals surface area contributed by atoms with Crippen LogP contribution in [0.1, 0.15) is 32.9 Å². The van der Waals surface area contributed by atoms with Crippen LogP contribution >= 0.6 is 0 Å². The zero-order valence-corrected chi connectivity index (χ0v) is 20.1. The van der Waals surface area contributed by atoms with Crippen molar-refractivity contribution in [2.75, 3.05) is 5.32 Å². The van der Waals surface area contributed by atoms with Crippen LogP contribution in [0.4, 0.5) is 10.5 Å². The summed E-state index contributed by atoms with van der Waals surface area (Å²) in [6, 6.07) is 23.3. The number of anilines is 1. The van der Waals surface area contributed by atoms with Crippen LogP contribution < -0.4 is 21.5 Å². The van der Waals surface area contributed by atoms with Gasteiger partial charge in [0.25, 0.3) is 11.5 Å². The molecule has 3 amide bonds. The summed E-state index contributed by atoms with van der Waals surface area (Å²) in [6.45, 7) is 4.45. The Labute approximate surface area is 208 Å². The van der Waals surface area contributed by atoms with Gasteiger partial charge in [-0.05, 0) is 49.2 Å². The third-order valence-corrected chi connectivity index (χ3v) is 5.51. The van der Waals surface area contributed by atoms with Gasteiger partial charge in [0.2, 0.25) is 0 Å². The molecule has 1 heterocycles. The van der Waals surface area contributed by atoms with Crippen molar-refractivity contribution in [3.63, 3.8) is 0 Å². The average Bonchev–Trinajstić information content (AvgIpc) is 2.87. The number of nitrogens with one attached hydrogen (secondary N) is 4. The molecule has 4 aromatic rings. The SMILES string of the molecule is Cc1ccc(CNC(=O)c2cccc(CNC(=O)Nc3ccc(-c4cc(=O)[nH]c(C)n4)cc3)c2)cc1. The molecule has 8 heteroatoms. The molecule has 1 aromatic heterocycles. The van der Waals surface area contributed by atoms with Crippen molar-refractivity contribution in [3.05, 3.63) is 117 Å². The van der Waals surface area contributed by atoms with Crippen molar-refractivity contribution < 1.29 is 9.59 Å². The number of benzene rings is 3. The smallest absolute Gasteiger partial charge is 0.319 e. The summed E-state index contributed by atoms with van der Waals surface area (Å²) >= 11 is 0. The first kappa shape index (κ1) is 24.4. The number of aromatic nitrogens is 2. The number of urea groups is 1. The zero-order valence-electron chi connectivity index (χ0n) is 20.1. The van der Waals surface area contributed by atoms with Gasteiger partial charge in [-0.1, -0.05) is 54.1 Å². The van der Waals surface area contributed by atoms with Gasteiger partial charge >= 0.3 is 6.03 Å². The van der Waals surface area contributed by atoms with Gasteiger partial charge in [0.1, 0.15) is 5.82 Å². The molecule has 8 nitrogen and oxygen atoms in total. The van der Waals surface area contributed by atoms with E-state index in [1.54, 1.807) is 49.4 Å². The number of hydrogen-bond acceptors (Lipinski definition) is 4. The van der Waals surface area contributed by atoms with Gasteiger partial charge in [0.15, 0.2) is 0 Å². The van der Waals surface area contributed by atoms with Crippen LogP contribution in [-0.4, -0.2) is 21.9 Å². The van der Waals surface area contributed by atoms with E-state index in [4.69, 9.17) is 0 Å². The van der Waals surface area contributed by atoms with Crippen LogP contribution in [-0.2, 0) is 13.1 Å². The molecule has 0 fully saturated rings. The van der Waals surface area contributed by atoms with E-state index in [0.717, 1.165) is 16.7 Å². The standard InChI is InChI=1S/C28H27N5O3/c1-18-6-8-20(9-7-18)16-29-27(35)23-5-3-4-21(14-23)17-30-28(36)33-24-12-10-22(11-13-24)25-15-26(34)32-19(2)31-25/h3-15H,16-17H2,1-2H3,(H,29,35)(H2,30,33,36)(H,31,32,34). The third kappa shape index (κ3) is 6.66. The highest BCUT2D eigenvalue weighted by Crippen LogP contribution is 2.18. The molecule has 0 aliphatic carbocycles. The molecule has 0 atom stereocenters. The molecule has 0 saturated carbocycles. The fourth-order valence-corrected chi connectivity index (χ4v) is 3.62. The lowest BCUT2D eigenvalue weighted by Gasteiger charge is -2.10. The van der Waals surface area contributed by atoms with Gasteiger partial charge in [0.05, 0.1) is 5.69 Å². The van der Waals surface area contributed by atoms with E-state index in [2.05, 4.69) is 25.9 Å². The molecular weight excluding hydrogens is 454 g/mol. The van der Waals surface area contributed by atoms with E-state index in [1.165, 1.54) is 11.6 Å². The molecule has 0 bridgehead atoms. The van der Waals surface area contributed by atoms with Crippen LogP contribution in [0, 0.1) is 13.8 Å². The molecule has 3 aromatic carbocycles. The number of H-pyrrole nitrogens is 1. The van der Waals surface area contributed by atoms with Gasteiger partial charge in [-0.25, -0.2) is 9.78 Å². The molecule has 36 heavy (non-hydrogen) atoms. The Morgan fingerprint density at radius 3 is 2.28 bits per heavy atom. The Balaban J connectivity index is 1.29. The average molecular weight is 482 g/mol. The monoisotopic (exact) mass is 481 g/mol. The molecule has 182 valence electrons. The van der Waals surface area contributed by atoms with Gasteiger partial charge in [-0.2, -0.15) is 0 Å². The van der Waals surface area contributed by atoms with Crippen LogP contribution in [0.15, 0.2) is 83.7 Å². The van der Waals surface area contributed by atoms with E-state index >= 15 is 0 Å². The lowest BCUT2D eigenvalue weighted by molar-refractivity contribution is 0.0951. The van der Waals surface area contributed by atoms with Gasteiger partial charge in [-0.3, -0.25) is 9.59 Å². The fraction of sp³-hybridized carbons (Fsp3) is 0.143. The Hall–Kier alpha value is -4.72. The van der Waals surface area contributed by atoms with Crippen molar-refractivity contribution in [1.82, 2.24) is 20.6 Å². The van der Waals surface area contributed by atoms with Crippen molar-refractivity contribution in [1.29, 1.82) is 0 Å². The number of carbonyl (C=O) groups is 2. The Morgan fingerprint density at radius 1 is 0.833 bits per heavy atom. The van der Waals surface area contributed by atoms with E-state index in [1.807, 2.05) is 37.3 Å². The van der Waals surface area contributed by atoms with Gasteiger partial charge < -0.3 is 20.9 Å². The van der Waals surface area contributed by atoms with Gasteiger partial charge in [0, 0.05) is 36.0 Å². The first-order valence-corrected chi connectivity index (χ1v) is 11.5. The summed E-state index contributed by atoms with van der Waals surface area (Å²) < 4.78 is 0. The normalized spacial score (nSPS) is 10.5. The van der Waals surface area contributed by atoms with E-state index in [9.17, 15) is 14.4 Å². The van der Waals surface area contributed by atoms with Crippen molar-refractivity contribution in [2.24, 2.45) is 0 Å². The first-order chi connectivity index (χ1) is 17.4. The maximum Gasteiger partial charge on any atom is 0.319 e. The highest BCUT2D eigenvalue weighted by molar-refractivity contribution is 5.94. The van der Waals surface area contributed by atoms with E-state index in [0.29, 0.717) is 29.3 Å².